The average molecular weight is 474 g/mol. The number of hydrogen-bond acceptors (Lipinski definition) is 5. The highest BCUT2D eigenvalue weighted by molar-refractivity contribution is 7.13. The molecule has 1 aliphatic carbocycles. The van der Waals surface area contributed by atoms with E-state index in [4.69, 9.17) is 21.6 Å². The Labute approximate surface area is 201 Å². The summed E-state index contributed by atoms with van der Waals surface area (Å²) in [7, 11) is 4.28. The Bertz CT molecular complexity index is 1450. The molecule has 1 saturated carbocycles. The maximum absolute atomic E-state index is 6.79. The summed E-state index contributed by atoms with van der Waals surface area (Å²) < 4.78 is 2.19. The fourth-order valence-corrected chi connectivity index (χ4v) is 5.90. The maximum Gasteiger partial charge on any atom is 0.117 e. The summed E-state index contributed by atoms with van der Waals surface area (Å²) in [5, 5.41) is 3.78. The van der Waals surface area contributed by atoms with Crippen molar-refractivity contribution in [2.24, 2.45) is 5.92 Å². The van der Waals surface area contributed by atoms with Crippen molar-refractivity contribution in [3.8, 4) is 21.8 Å². The molecule has 0 amide bonds. The molecule has 0 unspecified atom stereocenters. The average Bonchev–Trinajstić information content (AvgIpc) is 3.44. The van der Waals surface area contributed by atoms with Crippen LogP contribution in [-0.4, -0.2) is 44.9 Å². The molecule has 0 radical (unpaired) electrons. The molecular weight excluding hydrogens is 450 g/mol. The van der Waals surface area contributed by atoms with Gasteiger partial charge in [0.05, 0.1) is 38.5 Å². The molecule has 0 aliphatic heterocycles. The molecule has 0 N–H and O–H groups in total. The Morgan fingerprint density at radius 1 is 1.15 bits per heavy atom. The topological polar surface area (TPSA) is 46.3 Å². The number of benzene rings is 1. The molecule has 0 saturated heterocycles. The number of aromatic nitrogens is 4. The lowest BCUT2D eigenvalue weighted by Crippen LogP contribution is -2.32. The first-order chi connectivity index (χ1) is 16.1. The van der Waals surface area contributed by atoms with Crippen molar-refractivity contribution in [2.45, 2.75) is 18.8 Å². The second-order valence-corrected chi connectivity index (χ2v) is 10.5. The Hall–Kier alpha value is -2.80. The van der Waals surface area contributed by atoms with Gasteiger partial charge in [-0.1, -0.05) is 23.7 Å². The van der Waals surface area contributed by atoms with E-state index in [1.807, 2.05) is 24.7 Å². The van der Waals surface area contributed by atoms with Crippen LogP contribution in [0.25, 0.3) is 38.2 Å². The zero-order valence-corrected chi connectivity index (χ0v) is 20.1. The molecule has 1 aromatic carbocycles. The van der Waals surface area contributed by atoms with Gasteiger partial charge in [0.25, 0.3) is 0 Å². The van der Waals surface area contributed by atoms with Crippen LogP contribution >= 0.6 is 22.9 Å². The second-order valence-electron chi connectivity index (χ2n) is 9.15. The van der Waals surface area contributed by atoms with Gasteiger partial charge in [0.15, 0.2) is 0 Å². The van der Waals surface area contributed by atoms with E-state index in [-0.39, 0.29) is 0 Å². The van der Waals surface area contributed by atoms with Crippen molar-refractivity contribution in [3.63, 3.8) is 0 Å². The summed E-state index contributed by atoms with van der Waals surface area (Å²) in [6, 6.07) is 12.4. The van der Waals surface area contributed by atoms with Gasteiger partial charge in [0.2, 0.25) is 0 Å². The summed E-state index contributed by atoms with van der Waals surface area (Å²) in [6.07, 6.45) is 8.06. The Kier molecular flexibility index (Phi) is 5.17. The van der Waals surface area contributed by atoms with Crippen molar-refractivity contribution in [2.75, 3.05) is 20.6 Å². The van der Waals surface area contributed by atoms with Crippen LogP contribution in [0.2, 0.25) is 5.02 Å². The lowest BCUT2D eigenvalue weighted by Gasteiger charge is -2.36. The summed E-state index contributed by atoms with van der Waals surface area (Å²) in [5.41, 5.74) is 4.66. The standard InChI is InChI=1S/C26H24ClN5S/c1-31(2)15-16-10-18(11-16)26-30-25(23-14-28-7-8-32(23)26)19-13-22-17(12-20(19)27)5-6-21(29-22)24-4-3-9-33-24/h3-9,12-14,16,18H,10-11,15H2,1-2H3. The summed E-state index contributed by atoms with van der Waals surface area (Å²) in [4.78, 5) is 17.9. The lowest BCUT2D eigenvalue weighted by molar-refractivity contribution is 0.194. The van der Waals surface area contributed by atoms with Crippen molar-refractivity contribution in [1.82, 2.24) is 24.3 Å². The third-order valence-electron chi connectivity index (χ3n) is 6.50. The molecule has 4 heterocycles. The normalized spacial score (nSPS) is 18.3. The Morgan fingerprint density at radius 2 is 2.03 bits per heavy atom. The van der Waals surface area contributed by atoms with Gasteiger partial charge in [-0.2, -0.15) is 0 Å². The first-order valence-electron chi connectivity index (χ1n) is 11.2. The minimum Gasteiger partial charge on any atom is -0.309 e. The van der Waals surface area contributed by atoms with Crippen molar-refractivity contribution in [3.05, 3.63) is 71.2 Å². The maximum atomic E-state index is 6.79. The number of thiophene rings is 1. The Morgan fingerprint density at radius 3 is 2.82 bits per heavy atom. The van der Waals surface area contributed by atoms with Crippen molar-refractivity contribution < 1.29 is 0 Å². The number of imidazole rings is 1. The van der Waals surface area contributed by atoms with Gasteiger partial charge in [0.1, 0.15) is 5.82 Å². The van der Waals surface area contributed by atoms with Crippen LogP contribution in [0.4, 0.5) is 0 Å². The van der Waals surface area contributed by atoms with Gasteiger partial charge in [-0.3, -0.25) is 9.38 Å². The zero-order chi connectivity index (χ0) is 22.5. The van der Waals surface area contributed by atoms with E-state index in [0.717, 1.165) is 69.4 Å². The van der Waals surface area contributed by atoms with Gasteiger partial charge in [-0.05, 0) is 62.5 Å². The zero-order valence-electron chi connectivity index (χ0n) is 18.6. The van der Waals surface area contributed by atoms with Crippen LogP contribution in [0.5, 0.6) is 0 Å². The predicted molar refractivity (Wildman–Crippen MR) is 136 cm³/mol. The third kappa shape index (κ3) is 3.72. The first kappa shape index (κ1) is 20.8. The van der Waals surface area contributed by atoms with E-state index in [1.165, 1.54) is 0 Å². The Balaban J connectivity index is 1.44. The number of pyridine rings is 1. The monoisotopic (exact) mass is 473 g/mol. The van der Waals surface area contributed by atoms with E-state index in [0.29, 0.717) is 10.9 Å². The quantitative estimate of drug-likeness (QED) is 0.297. The van der Waals surface area contributed by atoms with Gasteiger partial charge >= 0.3 is 0 Å². The third-order valence-corrected chi connectivity index (χ3v) is 7.71. The van der Waals surface area contributed by atoms with Gasteiger partial charge in [0, 0.05) is 35.8 Å². The predicted octanol–water partition coefficient (Wildman–Crippen LogP) is 6.38. The minimum atomic E-state index is 0.460. The molecule has 5 nitrogen and oxygen atoms in total. The molecule has 0 bridgehead atoms. The van der Waals surface area contributed by atoms with E-state index >= 15 is 0 Å². The molecule has 166 valence electrons. The largest absolute Gasteiger partial charge is 0.309 e. The van der Waals surface area contributed by atoms with Gasteiger partial charge in [-0.15, -0.1) is 11.3 Å². The highest BCUT2D eigenvalue weighted by Gasteiger charge is 2.34. The van der Waals surface area contributed by atoms with Crippen LogP contribution in [0, 0.1) is 5.92 Å². The highest BCUT2D eigenvalue weighted by Crippen LogP contribution is 2.43. The fourth-order valence-electron chi connectivity index (χ4n) is 4.95. The van der Waals surface area contributed by atoms with Gasteiger partial charge in [-0.25, -0.2) is 9.97 Å². The van der Waals surface area contributed by atoms with E-state index < -0.39 is 0 Å². The number of halogens is 1. The minimum absolute atomic E-state index is 0.460. The molecule has 1 fully saturated rings. The number of fused-ring (bicyclic) bond motifs is 2. The molecule has 4 aromatic heterocycles. The molecule has 6 rings (SSSR count). The van der Waals surface area contributed by atoms with Crippen molar-refractivity contribution in [1.29, 1.82) is 0 Å². The lowest BCUT2D eigenvalue weighted by atomic mass is 9.74. The molecule has 0 atom stereocenters. The van der Waals surface area contributed by atoms with E-state index in [9.17, 15) is 0 Å². The van der Waals surface area contributed by atoms with Crippen LogP contribution < -0.4 is 0 Å². The smallest absolute Gasteiger partial charge is 0.117 e. The molecule has 0 spiro atoms. The number of hydrogen-bond donors (Lipinski definition) is 0. The van der Waals surface area contributed by atoms with Crippen LogP contribution in [0.1, 0.15) is 24.6 Å². The second kappa shape index (κ2) is 8.20. The van der Waals surface area contributed by atoms with Crippen LogP contribution in [0.15, 0.2) is 60.4 Å². The van der Waals surface area contributed by atoms with E-state index in [1.54, 1.807) is 11.3 Å². The number of nitrogens with zero attached hydrogens (tertiary/aromatic N) is 5. The summed E-state index contributed by atoms with van der Waals surface area (Å²) in [6.45, 7) is 1.13. The SMILES string of the molecule is CN(C)CC1CC(c2nc(-c3cc4nc(-c5cccs5)ccc4cc3Cl)c3cnccn23)C1. The molecule has 5 aromatic rings. The highest BCUT2D eigenvalue weighted by atomic mass is 35.5. The van der Waals surface area contributed by atoms with Crippen LogP contribution in [0.3, 0.4) is 0 Å². The molecule has 33 heavy (non-hydrogen) atoms. The molecular formula is C26H24ClN5S. The fraction of sp³-hybridized carbons (Fsp3) is 0.269. The number of rotatable bonds is 5. The molecule has 1 aliphatic rings. The first-order valence-corrected chi connectivity index (χ1v) is 12.4. The van der Waals surface area contributed by atoms with Crippen molar-refractivity contribution >= 4 is 39.4 Å². The summed E-state index contributed by atoms with van der Waals surface area (Å²) in [5.74, 6) is 2.29. The van der Waals surface area contributed by atoms with E-state index in [2.05, 4.69) is 64.1 Å². The van der Waals surface area contributed by atoms with Gasteiger partial charge < -0.3 is 4.90 Å². The summed E-state index contributed by atoms with van der Waals surface area (Å²) >= 11 is 8.49. The molecule has 7 heteroatoms. The van der Waals surface area contributed by atoms with Crippen LogP contribution in [-0.2, 0) is 0 Å².